The Morgan fingerprint density at radius 2 is 1.76 bits per heavy atom. The number of hydrogen-bond donors (Lipinski definition) is 2. The van der Waals surface area contributed by atoms with Crippen molar-refractivity contribution in [2.45, 2.75) is 75.7 Å². The maximum atomic E-state index is 14.6. The minimum absolute atomic E-state index is 0.234. The van der Waals surface area contributed by atoms with Crippen molar-refractivity contribution in [2.24, 2.45) is 11.7 Å². The third-order valence-corrected chi connectivity index (χ3v) is 7.12. The second kappa shape index (κ2) is 10.2. The van der Waals surface area contributed by atoms with Crippen molar-refractivity contribution in [3.05, 3.63) is 29.3 Å². The van der Waals surface area contributed by atoms with E-state index in [1.54, 1.807) is 20.8 Å². The molecule has 0 radical (unpaired) electrons. The monoisotopic (exact) mass is 571 g/mol. The molecule has 3 N–H and O–H groups in total. The molecule has 2 fully saturated rings. The lowest BCUT2D eigenvalue weighted by molar-refractivity contribution is -0.132. The maximum Gasteiger partial charge on any atom is 0.534 e. The summed E-state index contributed by atoms with van der Waals surface area (Å²) >= 11 is 0. The molecule has 2 aliphatic rings. The second-order valence-electron chi connectivity index (χ2n) is 10.1. The van der Waals surface area contributed by atoms with Crippen LogP contribution < -0.4 is 15.2 Å². The molecule has 212 valence electrons. The smallest absolute Gasteiger partial charge is 0.444 e. The molecule has 3 amide bonds. The van der Waals surface area contributed by atoms with Crippen LogP contribution in [-0.2, 0) is 30.9 Å². The molecule has 0 aromatic heterocycles. The predicted octanol–water partition coefficient (Wildman–Crippen LogP) is 2.49. The van der Waals surface area contributed by atoms with Crippen molar-refractivity contribution < 1.29 is 53.7 Å². The molecule has 1 aromatic carbocycles. The highest BCUT2D eigenvalue weighted by molar-refractivity contribution is 7.88. The van der Waals surface area contributed by atoms with Gasteiger partial charge in [0.15, 0.2) is 11.6 Å². The highest BCUT2D eigenvalue weighted by Gasteiger charge is 2.53. The van der Waals surface area contributed by atoms with Crippen LogP contribution in [0.5, 0.6) is 5.75 Å². The predicted molar refractivity (Wildman–Crippen MR) is 120 cm³/mol. The largest absolute Gasteiger partial charge is 0.534 e. The first kappa shape index (κ1) is 29.4. The van der Waals surface area contributed by atoms with E-state index in [0.717, 1.165) is 0 Å². The summed E-state index contributed by atoms with van der Waals surface area (Å²) in [6.07, 6.45) is 0.351. The number of hydrogen-bond acceptors (Lipinski definition) is 7. The van der Waals surface area contributed by atoms with E-state index in [4.69, 9.17) is 10.5 Å². The number of carbonyl (C=O) groups excluding carboxylic acids is 3. The normalized spacial score (nSPS) is 22.2. The highest BCUT2D eigenvalue weighted by Crippen LogP contribution is 2.43. The zero-order chi connectivity index (χ0) is 28.8. The summed E-state index contributed by atoms with van der Waals surface area (Å²) in [5, 5.41) is 2.33. The molecule has 38 heavy (non-hydrogen) atoms. The van der Waals surface area contributed by atoms with E-state index in [-0.39, 0.29) is 12.0 Å². The Bertz CT molecular complexity index is 1230. The van der Waals surface area contributed by atoms with Crippen LogP contribution in [0, 0.1) is 17.6 Å². The molecule has 4 atom stereocenters. The first-order valence-corrected chi connectivity index (χ1v) is 12.8. The molecule has 1 saturated carbocycles. The van der Waals surface area contributed by atoms with Crippen molar-refractivity contribution in [3.8, 4) is 5.75 Å². The standard InChI is InChI=1S/C22H26F5N3O7S/c1-21(2,3)36-20(33)30-12-6-4-11(8-12)17(30)19(32)29-13(18(28)31)9-10-5-7-14(16(24)15(10)23)37-38(34,35)22(25,26)27/h5,7,11-13,17H,4,6,8-9H2,1-3H3,(H2,28,31)(H,29,32)/t11-,12+,13?,17-/m0/s1. The second-order valence-corrected chi connectivity index (χ2v) is 11.6. The molecule has 16 heteroatoms. The Morgan fingerprint density at radius 3 is 2.32 bits per heavy atom. The van der Waals surface area contributed by atoms with Gasteiger partial charge in [0.1, 0.15) is 17.7 Å². The van der Waals surface area contributed by atoms with Crippen LogP contribution in [-0.4, -0.2) is 60.5 Å². The molecule has 1 heterocycles. The number of halogens is 5. The van der Waals surface area contributed by atoms with E-state index < -0.39 is 80.6 Å². The maximum absolute atomic E-state index is 14.6. The Labute approximate surface area is 214 Å². The van der Waals surface area contributed by atoms with Gasteiger partial charge in [0, 0.05) is 12.5 Å². The molecule has 2 bridgehead atoms. The third kappa shape index (κ3) is 6.10. The number of nitrogens with zero attached hydrogens (tertiary/aromatic N) is 1. The van der Waals surface area contributed by atoms with Crippen LogP contribution >= 0.6 is 0 Å². The van der Waals surface area contributed by atoms with Crippen molar-refractivity contribution in [1.29, 1.82) is 0 Å². The summed E-state index contributed by atoms with van der Waals surface area (Å²) in [6, 6.07) is -1.76. The number of benzene rings is 1. The molecular weight excluding hydrogens is 545 g/mol. The van der Waals surface area contributed by atoms with Gasteiger partial charge in [-0.25, -0.2) is 9.18 Å². The van der Waals surface area contributed by atoms with Crippen LogP contribution in [0.2, 0.25) is 0 Å². The van der Waals surface area contributed by atoms with Crippen LogP contribution in [0.1, 0.15) is 45.6 Å². The number of rotatable bonds is 7. The van der Waals surface area contributed by atoms with E-state index in [0.29, 0.717) is 31.4 Å². The first-order valence-electron chi connectivity index (χ1n) is 11.4. The SMILES string of the molecule is CC(C)(C)OC(=O)N1[C@@H]2CC[C@@H](C2)[C@H]1C(=O)NC(Cc1ccc(OS(=O)(=O)C(F)(F)F)c(F)c1F)C(N)=O. The molecule has 3 rings (SSSR count). The van der Waals surface area contributed by atoms with Crippen LogP contribution in [0.4, 0.5) is 26.7 Å². The molecule has 1 aliphatic heterocycles. The van der Waals surface area contributed by atoms with Gasteiger partial charge >= 0.3 is 21.7 Å². The number of alkyl halides is 3. The molecule has 1 aliphatic carbocycles. The number of amides is 3. The van der Waals surface area contributed by atoms with Crippen molar-refractivity contribution >= 4 is 28.0 Å². The lowest BCUT2D eigenvalue weighted by Crippen LogP contribution is -2.57. The van der Waals surface area contributed by atoms with Gasteiger partial charge in [0.25, 0.3) is 0 Å². The summed E-state index contributed by atoms with van der Waals surface area (Å²) in [5.41, 5.74) is -2.01. The molecule has 0 spiro atoms. The van der Waals surface area contributed by atoms with Crippen LogP contribution in [0.3, 0.4) is 0 Å². The number of nitrogens with one attached hydrogen (secondary N) is 1. The van der Waals surface area contributed by atoms with E-state index in [1.807, 2.05) is 0 Å². The quantitative estimate of drug-likeness (QED) is 0.291. The average Bonchev–Trinajstić information content (AvgIpc) is 3.37. The van der Waals surface area contributed by atoms with Gasteiger partial charge in [-0.2, -0.15) is 26.0 Å². The number of likely N-dealkylation sites (tertiary alicyclic amines) is 1. The van der Waals surface area contributed by atoms with Gasteiger partial charge < -0.3 is 20.0 Å². The first-order chi connectivity index (χ1) is 17.3. The number of fused-ring (bicyclic) bond motifs is 2. The number of carbonyl (C=O) groups is 3. The summed E-state index contributed by atoms with van der Waals surface area (Å²) in [7, 11) is -6.27. The number of nitrogens with two attached hydrogens (primary N) is 1. The summed E-state index contributed by atoms with van der Waals surface area (Å²) < 4.78 is 97.7. The Morgan fingerprint density at radius 1 is 1.13 bits per heavy atom. The topological polar surface area (TPSA) is 145 Å². The molecular formula is C22H26F5N3O7S. The molecule has 10 nitrogen and oxygen atoms in total. The summed E-state index contributed by atoms with van der Waals surface area (Å²) in [4.78, 5) is 39.2. The zero-order valence-electron chi connectivity index (χ0n) is 20.5. The van der Waals surface area contributed by atoms with Gasteiger partial charge in [-0.15, -0.1) is 0 Å². The van der Waals surface area contributed by atoms with Gasteiger partial charge in [-0.3, -0.25) is 14.5 Å². The van der Waals surface area contributed by atoms with E-state index in [9.17, 15) is 44.8 Å². The highest BCUT2D eigenvalue weighted by atomic mass is 32.2. The lowest BCUT2D eigenvalue weighted by Gasteiger charge is -2.36. The van der Waals surface area contributed by atoms with Crippen molar-refractivity contribution in [1.82, 2.24) is 10.2 Å². The van der Waals surface area contributed by atoms with Crippen molar-refractivity contribution in [2.75, 3.05) is 0 Å². The Kier molecular flexibility index (Phi) is 7.88. The zero-order valence-corrected chi connectivity index (χ0v) is 21.3. The van der Waals surface area contributed by atoms with Gasteiger partial charge in [0.2, 0.25) is 17.6 Å². The average molecular weight is 572 g/mol. The minimum Gasteiger partial charge on any atom is -0.444 e. The number of piperidine rings is 1. The fourth-order valence-electron chi connectivity index (χ4n) is 4.56. The van der Waals surface area contributed by atoms with Crippen LogP contribution in [0.15, 0.2) is 12.1 Å². The lowest BCUT2D eigenvalue weighted by atomic mass is 9.97. The summed E-state index contributed by atoms with van der Waals surface area (Å²) in [5.74, 6) is -7.58. The number of primary amides is 1. The minimum atomic E-state index is -6.27. The van der Waals surface area contributed by atoms with Crippen molar-refractivity contribution in [3.63, 3.8) is 0 Å². The van der Waals surface area contributed by atoms with Gasteiger partial charge in [-0.1, -0.05) is 6.07 Å². The Hall–Kier alpha value is -3.17. The third-order valence-electron chi connectivity index (χ3n) is 6.15. The molecule has 1 aromatic rings. The van der Waals surface area contributed by atoms with E-state index in [2.05, 4.69) is 9.50 Å². The van der Waals surface area contributed by atoms with Gasteiger partial charge in [-0.05, 0) is 57.6 Å². The summed E-state index contributed by atoms with van der Waals surface area (Å²) in [6.45, 7) is 4.96. The fraction of sp³-hybridized carbons (Fsp3) is 0.591. The van der Waals surface area contributed by atoms with E-state index >= 15 is 0 Å². The molecule has 1 saturated heterocycles. The van der Waals surface area contributed by atoms with E-state index in [1.165, 1.54) is 4.90 Å². The fourth-order valence-corrected chi connectivity index (χ4v) is 5.02. The number of ether oxygens (including phenoxy) is 1. The van der Waals surface area contributed by atoms with Crippen LogP contribution in [0.25, 0.3) is 0 Å². The Balaban J connectivity index is 1.79. The molecule has 1 unspecified atom stereocenters. The van der Waals surface area contributed by atoms with Gasteiger partial charge in [0.05, 0.1) is 0 Å².